The second-order valence-electron chi connectivity index (χ2n) is 13.5. The van der Waals surface area contributed by atoms with Crippen LogP contribution < -0.4 is 9.47 Å². The number of nitrogens with zero attached hydrogens (tertiary/aromatic N) is 3. The number of hydrogen-bond donors (Lipinski definition) is 2. The molecular formula is C46H31F3N4O4. The van der Waals surface area contributed by atoms with Gasteiger partial charge in [0.1, 0.15) is 17.1 Å². The fraction of sp³-hybridized carbons (Fsp3) is 0.0652. The first-order chi connectivity index (χ1) is 27.7. The predicted molar refractivity (Wildman–Crippen MR) is 212 cm³/mol. The first kappa shape index (κ1) is 35.3. The van der Waals surface area contributed by atoms with Gasteiger partial charge in [0.2, 0.25) is 5.88 Å². The Balaban J connectivity index is 1.09. The quantitative estimate of drug-likeness (QED) is 0.152. The van der Waals surface area contributed by atoms with Crippen LogP contribution >= 0.6 is 0 Å². The number of aromatic amines is 1. The lowest BCUT2D eigenvalue weighted by Crippen LogP contribution is -2.18. The van der Waals surface area contributed by atoms with Crippen LogP contribution in [0, 0.1) is 0 Å². The van der Waals surface area contributed by atoms with E-state index in [0.717, 1.165) is 44.5 Å². The number of halogens is 3. The summed E-state index contributed by atoms with van der Waals surface area (Å²) in [7, 11) is 1.67. The maximum Gasteiger partial charge on any atom is 0.434 e. The number of aromatic nitrogens is 4. The lowest BCUT2D eigenvalue weighted by molar-refractivity contribution is -0.143. The fourth-order valence-electron chi connectivity index (χ4n) is 7.53. The maximum absolute atomic E-state index is 14.1. The number of para-hydroxylation sites is 2. The summed E-state index contributed by atoms with van der Waals surface area (Å²) in [6.45, 7) is 0. The molecule has 2 N–H and O–H groups in total. The number of nitrogens with one attached hydrogen (secondary N) is 1. The number of benzene rings is 5. The minimum absolute atomic E-state index is 0.0725. The van der Waals surface area contributed by atoms with Gasteiger partial charge in [-0.2, -0.15) is 18.3 Å². The summed E-state index contributed by atoms with van der Waals surface area (Å²) >= 11 is 0. The van der Waals surface area contributed by atoms with Gasteiger partial charge in [0.05, 0.1) is 24.6 Å². The Hall–Kier alpha value is -7.40. The molecule has 280 valence electrons. The van der Waals surface area contributed by atoms with Crippen LogP contribution in [0.5, 0.6) is 17.4 Å². The molecule has 0 aliphatic heterocycles. The van der Waals surface area contributed by atoms with Crippen LogP contribution in [0.25, 0.3) is 56.3 Å². The number of aromatic carboxylic acids is 1. The van der Waals surface area contributed by atoms with Gasteiger partial charge in [0.15, 0.2) is 11.5 Å². The summed E-state index contributed by atoms with van der Waals surface area (Å²) in [6.07, 6.45) is 0.0603. The smallest absolute Gasteiger partial charge is 0.434 e. The van der Waals surface area contributed by atoms with Crippen LogP contribution in [0.2, 0.25) is 0 Å². The molecule has 11 heteroatoms. The molecular weight excluding hydrogens is 730 g/mol. The van der Waals surface area contributed by atoms with Crippen molar-refractivity contribution in [3.05, 3.63) is 174 Å². The summed E-state index contributed by atoms with van der Waals surface area (Å²) in [5, 5.41) is 14.1. The van der Waals surface area contributed by atoms with E-state index < -0.39 is 23.4 Å². The molecule has 0 saturated heterocycles. The second kappa shape index (κ2) is 14.0. The number of carboxylic acid groups (broad SMARTS) is 1. The minimum Gasteiger partial charge on any atom is -0.497 e. The molecule has 0 radical (unpaired) electrons. The molecule has 0 spiro atoms. The van der Waals surface area contributed by atoms with Gasteiger partial charge in [-0.25, -0.2) is 14.5 Å². The van der Waals surface area contributed by atoms with Crippen LogP contribution in [0.1, 0.15) is 38.7 Å². The van der Waals surface area contributed by atoms with E-state index in [2.05, 4.69) is 81.8 Å². The number of carbonyl (C=O) groups is 1. The largest absolute Gasteiger partial charge is 0.497 e. The van der Waals surface area contributed by atoms with Gasteiger partial charge in [0.25, 0.3) is 0 Å². The van der Waals surface area contributed by atoms with Gasteiger partial charge in [-0.3, -0.25) is 0 Å². The van der Waals surface area contributed by atoms with Crippen LogP contribution in [-0.4, -0.2) is 37.9 Å². The summed E-state index contributed by atoms with van der Waals surface area (Å²) in [5.41, 5.74) is 6.66. The Bertz CT molecular complexity index is 2860. The van der Waals surface area contributed by atoms with Crippen molar-refractivity contribution < 1.29 is 32.5 Å². The number of allylic oxidation sites excluding steroid dienone is 1. The third-order valence-corrected chi connectivity index (χ3v) is 10.1. The highest BCUT2D eigenvalue weighted by Crippen LogP contribution is 2.45. The highest BCUT2D eigenvalue weighted by molar-refractivity contribution is 5.99. The summed E-state index contributed by atoms with van der Waals surface area (Å²) in [4.78, 5) is 19.5. The Morgan fingerprint density at radius 1 is 0.807 bits per heavy atom. The van der Waals surface area contributed by atoms with Crippen molar-refractivity contribution in [3.63, 3.8) is 0 Å². The third-order valence-electron chi connectivity index (χ3n) is 10.1. The molecule has 57 heavy (non-hydrogen) atoms. The van der Waals surface area contributed by atoms with E-state index in [1.165, 1.54) is 23.3 Å². The summed E-state index contributed by atoms with van der Waals surface area (Å²) < 4.78 is 55.0. The molecule has 0 amide bonds. The van der Waals surface area contributed by atoms with E-state index in [4.69, 9.17) is 9.47 Å². The van der Waals surface area contributed by atoms with Crippen molar-refractivity contribution in [2.45, 2.75) is 12.1 Å². The number of rotatable bonds is 9. The zero-order valence-electron chi connectivity index (χ0n) is 30.2. The average molecular weight is 761 g/mol. The number of H-pyrrole nitrogens is 1. The second-order valence-corrected chi connectivity index (χ2v) is 13.5. The molecule has 1 unspecified atom stereocenters. The molecule has 1 aliphatic carbocycles. The van der Waals surface area contributed by atoms with Gasteiger partial charge >= 0.3 is 12.1 Å². The molecule has 9 rings (SSSR count). The predicted octanol–water partition coefficient (Wildman–Crippen LogP) is 11.4. The number of pyridine rings is 1. The van der Waals surface area contributed by atoms with Crippen molar-refractivity contribution in [3.8, 4) is 56.7 Å². The fourth-order valence-corrected chi connectivity index (χ4v) is 7.53. The normalized spacial score (nSPS) is 13.5. The van der Waals surface area contributed by atoms with Crippen molar-refractivity contribution >= 4 is 22.9 Å². The van der Waals surface area contributed by atoms with Crippen molar-refractivity contribution in [1.82, 2.24) is 19.7 Å². The van der Waals surface area contributed by atoms with Gasteiger partial charge in [-0.05, 0) is 75.8 Å². The molecule has 1 atom stereocenters. The van der Waals surface area contributed by atoms with Crippen molar-refractivity contribution in [1.29, 1.82) is 0 Å². The first-order valence-electron chi connectivity index (χ1n) is 18.0. The van der Waals surface area contributed by atoms with Gasteiger partial charge in [-0.15, -0.1) is 0 Å². The Morgan fingerprint density at radius 3 is 2.37 bits per heavy atom. The number of alkyl halides is 3. The summed E-state index contributed by atoms with van der Waals surface area (Å²) in [6, 6.07) is 42.3. The number of fused-ring (bicyclic) bond motifs is 2. The molecule has 5 aromatic carbocycles. The Morgan fingerprint density at radius 2 is 1.56 bits per heavy atom. The van der Waals surface area contributed by atoms with Crippen molar-refractivity contribution in [2.24, 2.45) is 0 Å². The first-order valence-corrected chi connectivity index (χ1v) is 18.0. The van der Waals surface area contributed by atoms with E-state index in [1.54, 1.807) is 37.4 Å². The number of ether oxygens (including phenoxy) is 2. The molecule has 0 fully saturated rings. The van der Waals surface area contributed by atoms with Crippen molar-refractivity contribution in [2.75, 3.05) is 7.11 Å². The van der Waals surface area contributed by atoms with E-state index in [9.17, 15) is 23.1 Å². The zero-order valence-corrected chi connectivity index (χ0v) is 30.2. The molecule has 8 nitrogen and oxygen atoms in total. The average Bonchev–Trinajstić information content (AvgIpc) is 3.97. The Kier molecular flexibility index (Phi) is 8.69. The molecule has 8 aromatic rings. The number of methoxy groups -OCH3 is 1. The Labute approximate surface area is 324 Å². The highest BCUT2D eigenvalue weighted by atomic mass is 19.4. The SMILES string of the molecule is COc1ccc(-c2ccc(-c3c(Oc4ccccc4-c4cccc(-n5ncc(C(=O)O)c5C(F)(F)F)n4)[nH]c4ccccc34)cc2)c(C2C=Cc3ccccc32)c1. The lowest BCUT2D eigenvalue weighted by Gasteiger charge is -2.18. The monoisotopic (exact) mass is 760 g/mol. The van der Waals surface area contributed by atoms with Crippen LogP contribution in [0.4, 0.5) is 13.2 Å². The van der Waals surface area contributed by atoms with Crippen LogP contribution in [0.15, 0.2) is 146 Å². The van der Waals surface area contributed by atoms with Gasteiger partial charge in [-0.1, -0.05) is 103 Å². The van der Waals surface area contributed by atoms with E-state index >= 15 is 0 Å². The van der Waals surface area contributed by atoms with E-state index in [1.807, 2.05) is 36.4 Å². The van der Waals surface area contributed by atoms with E-state index in [0.29, 0.717) is 33.8 Å². The summed E-state index contributed by atoms with van der Waals surface area (Å²) in [5.74, 6) is -0.244. The standard InChI is InChI=1S/C46H31F3N4O4/c1-56-30-22-24-32(36(25-30)33-23-21-27-9-2-3-10-31(27)33)28-17-19-29(20-18-28)42-35-12-4-6-13-39(35)52-44(42)57-40-15-7-5-11-34(40)38-14-8-16-41(51-38)53-43(46(47,48)49)37(26-50-53)45(54)55/h2-26,33,52H,1H3,(H,54,55). The highest BCUT2D eigenvalue weighted by Gasteiger charge is 2.41. The third kappa shape index (κ3) is 6.38. The molecule has 1 aliphatic rings. The van der Waals surface area contributed by atoms with E-state index in [-0.39, 0.29) is 11.7 Å². The van der Waals surface area contributed by atoms with Crippen LogP contribution in [-0.2, 0) is 6.18 Å². The van der Waals surface area contributed by atoms with Gasteiger partial charge in [0, 0.05) is 22.4 Å². The molecule has 0 saturated carbocycles. The zero-order chi connectivity index (χ0) is 39.3. The lowest BCUT2D eigenvalue weighted by atomic mass is 9.86. The minimum atomic E-state index is -5.00. The number of hydrogen-bond acceptors (Lipinski definition) is 5. The molecule has 3 heterocycles. The van der Waals surface area contributed by atoms with Crippen LogP contribution in [0.3, 0.4) is 0 Å². The van der Waals surface area contributed by atoms with Gasteiger partial charge < -0.3 is 19.6 Å². The number of carboxylic acids is 1. The molecule has 3 aromatic heterocycles. The maximum atomic E-state index is 14.1. The molecule has 0 bridgehead atoms. The topological polar surface area (TPSA) is 102 Å².